The van der Waals surface area contributed by atoms with Crippen LogP contribution < -0.4 is 15.4 Å². The van der Waals surface area contributed by atoms with Crippen molar-refractivity contribution >= 4 is 5.69 Å². The maximum Gasteiger partial charge on any atom is 0.142 e. The van der Waals surface area contributed by atoms with Gasteiger partial charge in [0.1, 0.15) is 11.9 Å². The van der Waals surface area contributed by atoms with Crippen LogP contribution in [0.4, 0.5) is 5.69 Å². The number of hydrogen-bond acceptors (Lipinski definition) is 3. The van der Waals surface area contributed by atoms with Gasteiger partial charge in [0.2, 0.25) is 0 Å². The second-order valence-electron chi connectivity index (χ2n) is 6.23. The van der Waals surface area contributed by atoms with Gasteiger partial charge in [0.05, 0.1) is 12.2 Å². The largest absolute Gasteiger partial charge is 0.485 e. The SMILES string of the molecule is c1ccc2c(c1)NCC(CNC(C1CC1)C1CC1)O2. The molecular formula is C16H22N2O. The molecule has 1 aliphatic heterocycles. The van der Waals surface area contributed by atoms with Crippen LogP contribution in [0.2, 0.25) is 0 Å². The second-order valence-corrected chi connectivity index (χ2v) is 6.23. The number of nitrogens with one attached hydrogen (secondary N) is 2. The van der Waals surface area contributed by atoms with Crippen LogP contribution in [0.5, 0.6) is 5.75 Å². The zero-order chi connectivity index (χ0) is 12.7. The van der Waals surface area contributed by atoms with E-state index in [1.807, 2.05) is 18.2 Å². The zero-order valence-corrected chi connectivity index (χ0v) is 11.3. The van der Waals surface area contributed by atoms with Crippen molar-refractivity contribution in [3.63, 3.8) is 0 Å². The van der Waals surface area contributed by atoms with Gasteiger partial charge in [0, 0.05) is 12.6 Å². The summed E-state index contributed by atoms with van der Waals surface area (Å²) in [7, 11) is 0. The monoisotopic (exact) mass is 258 g/mol. The van der Waals surface area contributed by atoms with E-state index < -0.39 is 0 Å². The van der Waals surface area contributed by atoms with Crippen LogP contribution in [0, 0.1) is 11.8 Å². The van der Waals surface area contributed by atoms with Crippen molar-refractivity contribution in [2.24, 2.45) is 11.8 Å². The second kappa shape index (κ2) is 4.71. The van der Waals surface area contributed by atoms with Gasteiger partial charge in [-0.15, -0.1) is 0 Å². The molecule has 3 heteroatoms. The molecule has 0 saturated heterocycles. The average Bonchev–Trinajstić information content (AvgIpc) is 3.32. The highest BCUT2D eigenvalue weighted by molar-refractivity contribution is 5.57. The molecule has 2 aliphatic carbocycles. The van der Waals surface area contributed by atoms with Gasteiger partial charge < -0.3 is 15.4 Å². The number of rotatable bonds is 5. The van der Waals surface area contributed by atoms with E-state index in [-0.39, 0.29) is 6.10 Å². The Balaban J connectivity index is 1.34. The minimum atomic E-state index is 0.259. The predicted molar refractivity (Wildman–Crippen MR) is 76.6 cm³/mol. The van der Waals surface area contributed by atoms with Gasteiger partial charge in [0.25, 0.3) is 0 Å². The van der Waals surface area contributed by atoms with E-state index in [0.717, 1.165) is 42.4 Å². The van der Waals surface area contributed by atoms with Crippen LogP contribution in [0.15, 0.2) is 24.3 Å². The molecule has 1 aromatic carbocycles. The Morgan fingerprint density at radius 2 is 1.89 bits per heavy atom. The van der Waals surface area contributed by atoms with E-state index in [4.69, 9.17) is 4.74 Å². The first-order valence-corrected chi connectivity index (χ1v) is 7.63. The fourth-order valence-corrected chi connectivity index (χ4v) is 3.17. The van der Waals surface area contributed by atoms with Crippen molar-refractivity contribution < 1.29 is 4.74 Å². The van der Waals surface area contributed by atoms with Crippen molar-refractivity contribution in [1.82, 2.24) is 5.32 Å². The first-order valence-electron chi connectivity index (χ1n) is 7.63. The van der Waals surface area contributed by atoms with Gasteiger partial charge in [-0.3, -0.25) is 0 Å². The number of ether oxygens (including phenoxy) is 1. The first-order chi connectivity index (χ1) is 9.40. The summed E-state index contributed by atoms with van der Waals surface area (Å²) in [6, 6.07) is 8.97. The number of para-hydroxylation sites is 2. The first kappa shape index (κ1) is 11.6. The van der Waals surface area contributed by atoms with Gasteiger partial charge in [-0.1, -0.05) is 12.1 Å². The summed E-state index contributed by atoms with van der Waals surface area (Å²) >= 11 is 0. The summed E-state index contributed by atoms with van der Waals surface area (Å²) in [5.74, 6) is 2.91. The van der Waals surface area contributed by atoms with Crippen molar-refractivity contribution in [3.05, 3.63) is 24.3 Å². The highest BCUT2D eigenvalue weighted by atomic mass is 16.5. The number of fused-ring (bicyclic) bond motifs is 1. The molecule has 2 saturated carbocycles. The Morgan fingerprint density at radius 1 is 1.16 bits per heavy atom. The van der Waals surface area contributed by atoms with E-state index in [9.17, 15) is 0 Å². The number of benzene rings is 1. The molecule has 3 aliphatic rings. The molecule has 19 heavy (non-hydrogen) atoms. The molecule has 102 valence electrons. The molecule has 1 aromatic rings. The molecule has 1 atom stereocenters. The summed E-state index contributed by atoms with van der Waals surface area (Å²) in [4.78, 5) is 0. The van der Waals surface area contributed by atoms with Crippen LogP contribution in [0.25, 0.3) is 0 Å². The van der Waals surface area contributed by atoms with Crippen molar-refractivity contribution in [2.45, 2.75) is 37.8 Å². The lowest BCUT2D eigenvalue weighted by Gasteiger charge is -2.29. The molecule has 3 nitrogen and oxygen atoms in total. The van der Waals surface area contributed by atoms with Crippen LogP contribution in [0.1, 0.15) is 25.7 Å². The normalized spacial score (nSPS) is 25.6. The van der Waals surface area contributed by atoms with E-state index in [1.54, 1.807) is 0 Å². The fraction of sp³-hybridized carbons (Fsp3) is 0.625. The van der Waals surface area contributed by atoms with Crippen LogP contribution in [-0.4, -0.2) is 25.2 Å². The molecule has 0 spiro atoms. The van der Waals surface area contributed by atoms with Crippen molar-refractivity contribution in [3.8, 4) is 5.75 Å². The molecule has 4 rings (SSSR count). The topological polar surface area (TPSA) is 33.3 Å². The predicted octanol–water partition coefficient (Wildman–Crippen LogP) is 2.64. The van der Waals surface area contributed by atoms with Crippen molar-refractivity contribution in [1.29, 1.82) is 0 Å². The summed E-state index contributed by atoms with van der Waals surface area (Å²) in [5, 5.41) is 7.24. The highest BCUT2D eigenvalue weighted by Gasteiger charge is 2.41. The molecule has 2 fully saturated rings. The molecule has 0 bridgehead atoms. The number of anilines is 1. The Hall–Kier alpha value is -1.22. The Labute approximate surface area is 114 Å². The molecule has 0 amide bonds. The lowest BCUT2D eigenvalue weighted by atomic mass is 10.1. The third kappa shape index (κ3) is 2.57. The minimum absolute atomic E-state index is 0.259. The average molecular weight is 258 g/mol. The standard InChI is InChI=1S/C16H22N2O/c1-2-4-15-14(3-1)17-9-13(19-15)10-18-16(11-5-6-11)12-7-8-12/h1-4,11-13,16-18H,5-10H2. The third-order valence-corrected chi connectivity index (χ3v) is 4.54. The molecule has 2 N–H and O–H groups in total. The summed E-state index contributed by atoms with van der Waals surface area (Å²) < 4.78 is 6.06. The smallest absolute Gasteiger partial charge is 0.142 e. The lowest BCUT2D eigenvalue weighted by molar-refractivity contribution is 0.192. The molecular weight excluding hydrogens is 236 g/mol. The molecule has 0 aromatic heterocycles. The van der Waals surface area contributed by atoms with Gasteiger partial charge in [-0.05, 0) is 49.7 Å². The third-order valence-electron chi connectivity index (χ3n) is 4.54. The summed E-state index contributed by atoms with van der Waals surface area (Å²) in [6.07, 6.45) is 5.98. The van der Waals surface area contributed by atoms with E-state index in [2.05, 4.69) is 16.7 Å². The van der Waals surface area contributed by atoms with E-state index in [0.29, 0.717) is 0 Å². The Bertz CT molecular complexity index is 442. The maximum absolute atomic E-state index is 6.06. The molecule has 0 radical (unpaired) electrons. The lowest BCUT2D eigenvalue weighted by Crippen LogP contribution is -2.44. The van der Waals surface area contributed by atoms with Gasteiger partial charge in [-0.2, -0.15) is 0 Å². The maximum atomic E-state index is 6.06. The van der Waals surface area contributed by atoms with Gasteiger partial charge in [-0.25, -0.2) is 0 Å². The highest BCUT2D eigenvalue weighted by Crippen LogP contribution is 2.44. The number of hydrogen-bond donors (Lipinski definition) is 2. The van der Waals surface area contributed by atoms with Gasteiger partial charge >= 0.3 is 0 Å². The minimum Gasteiger partial charge on any atom is -0.485 e. The Kier molecular flexibility index (Phi) is 2.87. The summed E-state index contributed by atoms with van der Waals surface area (Å²) in [5.41, 5.74) is 1.12. The quantitative estimate of drug-likeness (QED) is 0.852. The zero-order valence-electron chi connectivity index (χ0n) is 11.3. The molecule has 1 heterocycles. The Morgan fingerprint density at radius 3 is 2.63 bits per heavy atom. The molecule has 1 unspecified atom stereocenters. The van der Waals surface area contributed by atoms with Crippen LogP contribution >= 0.6 is 0 Å². The van der Waals surface area contributed by atoms with Crippen LogP contribution in [0.3, 0.4) is 0 Å². The fourth-order valence-electron chi connectivity index (χ4n) is 3.17. The van der Waals surface area contributed by atoms with Gasteiger partial charge in [0.15, 0.2) is 0 Å². The van der Waals surface area contributed by atoms with Crippen LogP contribution in [-0.2, 0) is 0 Å². The summed E-state index contributed by atoms with van der Waals surface area (Å²) in [6.45, 7) is 1.88. The van der Waals surface area contributed by atoms with Crippen molar-refractivity contribution in [2.75, 3.05) is 18.4 Å². The van der Waals surface area contributed by atoms with E-state index in [1.165, 1.54) is 25.7 Å². The van der Waals surface area contributed by atoms with E-state index >= 15 is 0 Å².